The molecule has 0 fully saturated rings. The van der Waals surface area contributed by atoms with E-state index in [-0.39, 0.29) is 0 Å². The van der Waals surface area contributed by atoms with Crippen LogP contribution in [0.3, 0.4) is 0 Å². The maximum absolute atomic E-state index is 4.82. The summed E-state index contributed by atoms with van der Waals surface area (Å²) in [5.41, 5.74) is 7.47. The molecule has 0 saturated carbocycles. The lowest BCUT2D eigenvalue weighted by molar-refractivity contribution is 0.627. The summed E-state index contributed by atoms with van der Waals surface area (Å²) in [6, 6.07) is 44.4. The molecule has 5 aromatic carbocycles. The van der Waals surface area contributed by atoms with Gasteiger partial charge in [0.15, 0.2) is 10.3 Å². The minimum atomic E-state index is 0.463. The van der Waals surface area contributed by atoms with E-state index in [1.54, 1.807) is 23.5 Å². The van der Waals surface area contributed by atoms with E-state index in [0.29, 0.717) is 34.1 Å². The van der Waals surface area contributed by atoms with Crippen LogP contribution in [0, 0.1) is 0 Å². The molecule has 0 amide bonds. The second kappa shape index (κ2) is 26.5. The van der Waals surface area contributed by atoms with Crippen molar-refractivity contribution < 1.29 is 0 Å². The molecule has 342 valence electrons. The number of unbranched alkanes of at least 4 members (excludes halogenated alkanes) is 10. The van der Waals surface area contributed by atoms with Gasteiger partial charge in [0.1, 0.15) is 0 Å². The number of anilines is 12. The molecular weight excluding hydrogens is 857 g/mol. The number of thioether (sulfide) groups is 2. The Balaban J connectivity index is 1.02. The van der Waals surface area contributed by atoms with Crippen LogP contribution in [-0.4, -0.2) is 41.4 Å². The molecule has 14 heteroatoms. The van der Waals surface area contributed by atoms with Crippen molar-refractivity contribution in [3.05, 3.63) is 133 Å². The van der Waals surface area contributed by atoms with Gasteiger partial charge in [0, 0.05) is 57.0 Å². The number of rotatable bonds is 28. The molecule has 7 aromatic rings. The van der Waals surface area contributed by atoms with Crippen molar-refractivity contribution in [2.45, 2.75) is 101 Å². The van der Waals surface area contributed by atoms with Crippen LogP contribution < -0.4 is 31.9 Å². The molecule has 0 spiro atoms. The molecule has 0 unspecified atom stereocenters. The van der Waals surface area contributed by atoms with Gasteiger partial charge < -0.3 is 31.9 Å². The molecule has 2 aromatic heterocycles. The van der Waals surface area contributed by atoms with E-state index in [0.717, 1.165) is 69.8 Å². The Bertz CT molecular complexity index is 2290. The number of nitrogens with one attached hydrogen (secondary N) is 6. The highest BCUT2D eigenvalue weighted by molar-refractivity contribution is 7.99. The maximum Gasteiger partial charge on any atom is 0.233 e. The number of aromatic nitrogens is 6. The SMILES string of the molecule is CCCCCCCCSc1nc(Nc2ccc(Nc3ccccc3)cc2)nc(Nc2ccc(Nc3nc(Nc4ccc(Nc5ccccc5)cc4)nc(SCCCCCCCC)n3)cc2)n1. The van der Waals surface area contributed by atoms with Gasteiger partial charge in [0.25, 0.3) is 0 Å². The minimum Gasteiger partial charge on any atom is -0.356 e. The number of hydrogen-bond donors (Lipinski definition) is 6. The van der Waals surface area contributed by atoms with Crippen LogP contribution in [0.2, 0.25) is 0 Å². The Morgan fingerprint density at radius 1 is 0.288 bits per heavy atom. The van der Waals surface area contributed by atoms with Gasteiger partial charge in [-0.25, -0.2) is 0 Å². The highest BCUT2D eigenvalue weighted by Gasteiger charge is 2.12. The van der Waals surface area contributed by atoms with E-state index < -0.39 is 0 Å². The molecule has 0 radical (unpaired) electrons. The monoisotopic (exact) mass is 918 g/mol. The van der Waals surface area contributed by atoms with E-state index in [2.05, 4.69) is 45.7 Å². The van der Waals surface area contributed by atoms with Crippen molar-refractivity contribution in [2.24, 2.45) is 0 Å². The zero-order valence-corrected chi connectivity index (χ0v) is 39.7. The summed E-state index contributed by atoms with van der Waals surface area (Å²) in [4.78, 5) is 28.8. The summed E-state index contributed by atoms with van der Waals surface area (Å²) in [5.74, 6) is 3.77. The predicted molar refractivity (Wildman–Crippen MR) is 280 cm³/mol. The molecular formula is C52H62N12S2. The molecule has 0 bridgehead atoms. The summed E-state index contributed by atoms with van der Waals surface area (Å²) >= 11 is 3.33. The second-order valence-corrected chi connectivity index (χ2v) is 18.1. The largest absolute Gasteiger partial charge is 0.356 e. The standard InChI is InChI=1S/C52H62N12S2/c1-3-5-7-9-11-19-37-65-51-61-47(55-43-29-25-41(26-30-43)53-39-21-15-13-16-22-39)59-49(63-51)57-45-33-35-46(36-34-45)58-50-60-48(62-52(64-50)66-38-20-12-10-8-6-4-2)56-44-31-27-42(28-32-44)54-40-23-17-14-18-24-40/h13-18,21-36,53-54H,3-12,19-20,37-38H2,1-2H3,(H2,55,57,59,61,63)(H2,56,58,60,62,64). The molecule has 66 heavy (non-hydrogen) atoms. The normalized spacial score (nSPS) is 10.9. The van der Waals surface area contributed by atoms with Crippen LogP contribution in [0.1, 0.15) is 90.9 Å². The Morgan fingerprint density at radius 2 is 0.545 bits per heavy atom. The van der Waals surface area contributed by atoms with E-state index >= 15 is 0 Å². The van der Waals surface area contributed by atoms with Crippen LogP contribution in [-0.2, 0) is 0 Å². The van der Waals surface area contributed by atoms with E-state index in [1.165, 1.54) is 64.2 Å². The van der Waals surface area contributed by atoms with Crippen molar-refractivity contribution in [2.75, 3.05) is 43.4 Å². The lowest BCUT2D eigenvalue weighted by Gasteiger charge is -2.13. The fourth-order valence-electron chi connectivity index (χ4n) is 6.96. The summed E-state index contributed by atoms with van der Waals surface area (Å²) in [7, 11) is 0. The molecule has 2 heterocycles. The molecule has 0 aliphatic heterocycles. The third-order valence-electron chi connectivity index (χ3n) is 10.5. The predicted octanol–water partition coefficient (Wildman–Crippen LogP) is 15.4. The van der Waals surface area contributed by atoms with Gasteiger partial charge in [-0.1, -0.05) is 138 Å². The van der Waals surface area contributed by atoms with Crippen molar-refractivity contribution in [1.82, 2.24) is 29.9 Å². The highest BCUT2D eigenvalue weighted by atomic mass is 32.2. The van der Waals surface area contributed by atoms with Crippen molar-refractivity contribution in [1.29, 1.82) is 0 Å². The fraction of sp³-hybridized carbons (Fsp3) is 0.308. The quantitative estimate of drug-likeness (QED) is 0.0204. The van der Waals surface area contributed by atoms with Crippen LogP contribution in [0.25, 0.3) is 0 Å². The van der Waals surface area contributed by atoms with Crippen LogP contribution in [0.15, 0.2) is 144 Å². The van der Waals surface area contributed by atoms with Gasteiger partial charge in [-0.15, -0.1) is 0 Å². The first-order valence-electron chi connectivity index (χ1n) is 23.4. The molecule has 6 N–H and O–H groups in total. The molecule has 0 saturated heterocycles. The van der Waals surface area contributed by atoms with E-state index in [4.69, 9.17) is 29.9 Å². The topological polar surface area (TPSA) is 150 Å². The number of benzene rings is 5. The van der Waals surface area contributed by atoms with Gasteiger partial charge in [-0.05, 0) is 110 Å². The number of para-hydroxylation sites is 2. The van der Waals surface area contributed by atoms with Crippen molar-refractivity contribution >= 4 is 92.8 Å². The van der Waals surface area contributed by atoms with Gasteiger partial charge >= 0.3 is 0 Å². The van der Waals surface area contributed by atoms with Crippen LogP contribution in [0.4, 0.5) is 69.3 Å². The van der Waals surface area contributed by atoms with Crippen molar-refractivity contribution in [3.8, 4) is 0 Å². The molecule has 0 atom stereocenters. The average Bonchev–Trinajstić information content (AvgIpc) is 3.33. The van der Waals surface area contributed by atoms with Crippen LogP contribution >= 0.6 is 23.5 Å². The highest BCUT2D eigenvalue weighted by Crippen LogP contribution is 2.28. The second-order valence-electron chi connectivity index (χ2n) is 16.0. The summed E-state index contributed by atoms with van der Waals surface area (Å²) in [5, 5.41) is 21.9. The van der Waals surface area contributed by atoms with Gasteiger partial charge in [0.05, 0.1) is 0 Å². The molecule has 12 nitrogen and oxygen atoms in total. The molecule has 7 rings (SSSR count). The number of nitrogens with zero attached hydrogens (tertiary/aromatic N) is 6. The first-order valence-corrected chi connectivity index (χ1v) is 25.3. The van der Waals surface area contributed by atoms with E-state index in [9.17, 15) is 0 Å². The summed E-state index contributed by atoms with van der Waals surface area (Å²) in [6.45, 7) is 4.50. The zero-order valence-electron chi connectivity index (χ0n) is 38.1. The van der Waals surface area contributed by atoms with E-state index in [1.807, 2.05) is 133 Å². The first-order chi connectivity index (χ1) is 32.6. The van der Waals surface area contributed by atoms with Crippen LogP contribution in [0.5, 0.6) is 0 Å². The van der Waals surface area contributed by atoms with Crippen molar-refractivity contribution in [3.63, 3.8) is 0 Å². The summed E-state index contributed by atoms with van der Waals surface area (Å²) < 4.78 is 0. The van der Waals surface area contributed by atoms with Gasteiger partial charge in [-0.2, -0.15) is 29.9 Å². The zero-order chi connectivity index (χ0) is 45.4. The minimum absolute atomic E-state index is 0.463. The Kier molecular flexibility index (Phi) is 19.1. The number of hydrogen-bond acceptors (Lipinski definition) is 14. The fourth-order valence-corrected chi connectivity index (χ4v) is 8.63. The Hall–Kier alpha value is -6.38. The molecule has 0 aliphatic carbocycles. The lowest BCUT2D eigenvalue weighted by atomic mass is 10.1. The molecule has 0 aliphatic rings. The smallest absolute Gasteiger partial charge is 0.233 e. The average molecular weight is 919 g/mol. The van der Waals surface area contributed by atoms with Gasteiger partial charge in [-0.3, -0.25) is 0 Å². The van der Waals surface area contributed by atoms with Gasteiger partial charge in [0.2, 0.25) is 23.8 Å². The summed E-state index contributed by atoms with van der Waals surface area (Å²) in [6.07, 6.45) is 14.9. The first kappa shape index (κ1) is 47.6. The Labute approximate surface area is 398 Å². The maximum atomic E-state index is 4.82. The third kappa shape index (κ3) is 16.6. The Morgan fingerprint density at radius 3 is 0.848 bits per heavy atom. The third-order valence-corrected chi connectivity index (χ3v) is 12.4. The lowest BCUT2D eigenvalue weighted by Crippen LogP contribution is -2.06.